The maximum absolute atomic E-state index is 13.4. The lowest BCUT2D eigenvalue weighted by atomic mass is 10.0. The lowest BCUT2D eigenvalue weighted by Gasteiger charge is -2.25. The minimum Gasteiger partial charge on any atom is -0.454 e. The zero-order valence-corrected chi connectivity index (χ0v) is 20.1. The Morgan fingerprint density at radius 2 is 1.79 bits per heavy atom. The first kappa shape index (κ1) is 23.6. The summed E-state index contributed by atoms with van der Waals surface area (Å²) in [4.78, 5) is 28.2. The molecule has 0 fully saturated rings. The number of hydrogen-bond acceptors (Lipinski definition) is 7. The third-order valence-electron chi connectivity index (χ3n) is 5.17. The Labute approximate surface area is 201 Å². The average molecular weight is 502 g/mol. The highest BCUT2D eigenvalue weighted by Gasteiger charge is 2.28. The standard InChI is InChI=1S/C23H23N3O6S2/c1-15-8-11-21(33-15)34(29,30)25-23(28)24-18(12-16-6-4-3-5-7-16)22(27)26(2)17-9-10-19-20(13-17)32-14-31-19/h3-11,13,18H,12,14H2,1-2H3,(H2,24,25,28). The van der Waals surface area contributed by atoms with Crippen LogP contribution in [0.2, 0.25) is 0 Å². The van der Waals surface area contributed by atoms with Crippen LogP contribution in [0.15, 0.2) is 64.9 Å². The van der Waals surface area contributed by atoms with Crippen LogP contribution in [-0.4, -0.2) is 40.2 Å². The fourth-order valence-corrected chi connectivity index (χ4v) is 5.62. The minimum atomic E-state index is -4.06. The SMILES string of the molecule is Cc1ccc(S(=O)(=O)NC(=O)NC(Cc2ccccc2)C(=O)N(C)c2ccc3c(c2)OCO3)s1. The van der Waals surface area contributed by atoms with Gasteiger partial charge >= 0.3 is 6.03 Å². The molecule has 0 aliphatic carbocycles. The molecule has 3 aromatic rings. The quantitative estimate of drug-likeness (QED) is 0.514. The Bertz CT molecular complexity index is 1310. The molecule has 1 aliphatic rings. The summed E-state index contributed by atoms with van der Waals surface area (Å²) in [6.45, 7) is 1.87. The molecule has 2 heterocycles. The maximum Gasteiger partial charge on any atom is 0.329 e. The molecule has 9 nitrogen and oxygen atoms in total. The van der Waals surface area contributed by atoms with Gasteiger partial charge in [0.25, 0.3) is 10.0 Å². The lowest BCUT2D eigenvalue weighted by Crippen LogP contribution is -2.52. The predicted octanol–water partition coefficient (Wildman–Crippen LogP) is 3.05. The summed E-state index contributed by atoms with van der Waals surface area (Å²) < 4.78 is 37.8. The third kappa shape index (κ3) is 5.32. The van der Waals surface area contributed by atoms with Crippen LogP contribution in [-0.2, 0) is 21.2 Å². The maximum atomic E-state index is 13.4. The van der Waals surface area contributed by atoms with Crippen LogP contribution in [0.3, 0.4) is 0 Å². The molecule has 1 unspecified atom stereocenters. The van der Waals surface area contributed by atoms with E-state index in [1.165, 1.54) is 11.0 Å². The minimum absolute atomic E-state index is 0.0172. The van der Waals surface area contributed by atoms with E-state index in [0.29, 0.717) is 17.2 Å². The largest absolute Gasteiger partial charge is 0.454 e. The molecule has 2 aromatic carbocycles. The number of nitrogens with one attached hydrogen (secondary N) is 2. The van der Waals surface area contributed by atoms with E-state index in [4.69, 9.17) is 9.47 Å². The molecule has 1 aliphatic heterocycles. The van der Waals surface area contributed by atoms with Crippen molar-refractivity contribution in [2.75, 3.05) is 18.7 Å². The van der Waals surface area contributed by atoms with Gasteiger partial charge in [0.1, 0.15) is 10.3 Å². The van der Waals surface area contributed by atoms with Crippen molar-refractivity contribution in [1.29, 1.82) is 0 Å². The van der Waals surface area contributed by atoms with Gasteiger partial charge in [0.2, 0.25) is 12.7 Å². The number of anilines is 1. The van der Waals surface area contributed by atoms with Gasteiger partial charge in [-0.25, -0.2) is 17.9 Å². The first-order valence-electron chi connectivity index (χ1n) is 10.3. The topological polar surface area (TPSA) is 114 Å². The molecule has 0 spiro atoms. The third-order valence-corrected chi connectivity index (χ3v) is 7.99. The molecule has 1 atom stereocenters. The molecule has 2 N–H and O–H groups in total. The van der Waals surface area contributed by atoms with Crippen molar-refractivity contribution in [2.45, 2.75) is 23.6 Å². The molecule has 178 valence electrons. The van der Waals surface area contributed by atoms with E-state index in [9.17, 15) is 18.0 Å². The summed E-state index contributed by atoms with van der Waals surface area (Å²) >= 11 is 1.05. The summed E-state index contributed by atoms with van der Waals surface area (Å²) in [5, 5.41) is 2.53. The van der Waals surface area contributed by atoms with Gasteiger partial charge in [0.05, 0.1) is 0 Å². The number of aryl methyl sites for hydroxylation is 1. The Morgan fingerprint density at radius 3 is 2.50 bits per heavy atom. The van der Waals surface area contributed by atoms with Gasteiger partial charge in [-0.15, -0.1) is 11.3 Å². The van der Waals surface area contributed by atoms with Gasteiger partial charge in [-0.2, -0.15) is 0 Å². The van der Waals surface area contributed by atoms with Crippen LogP contribution >= 0.6 is 11.3 Å². The molecule has 3 amide bonds. The summed E-state index contributed by atoms with van der Waals surface area (Å²) in [5.74, 6) is 0.666. The molecule has 0 bridgehead atoms. The van der Waals surface area contributed by atoms with Gasteiger partial charge < -0.3 is 19.7 Å². The highest BCUT2D eigenvalue weighted by Crippen LogP contribution is 2.35. The molecule has 4 rings (SSSR count). The van der Waals surface area contributed by atoms with Crippen molar-refractivity contribution in [3.05, 3.63) is 71.1 Å². The molecule has 0 radical (unpaired) electrons. The smallest absolute Gasteiger partial charge is 0.329 e. The Morgan fingerprint density at radius 1 is 1.06 bits per heavy atom. The van der Waals surface area contributed by atoms with Crippen LogP contribution in [0.4, 0.5) is 10.5 Å². The molecular formula is C23H23N3O6S2. The zero-order chi connectivity index (χ0) is 24.3. The van der Waals surface area contributed by atoms with Crippen LogP contribution in [0, 0.1) is 6.92 Å². The summed E-state index contributed by atoms with van der Waals surface area (Å²) in [6, 6.07) is 15.3. The van der Waals surface area contributed by atoms with E-state index < -0.39 is 28.0 Å². The number of carbonyl (C=O) groups excluding carboxylic acids is 2. The Hall–Kier alpha value is -3.57. The monoisotopic (exact) mass is 501 g/mol. The lowest BCUT2D eigenvalue weighted by molar-refractivity contribution is -0.120. The number of carbonyl (C=O) groups is 2. The first-order valence-corrected chi connectivity index (χ1v) is 12.6. The number of urea groups is 1. The highest BCUT2D eigenvalue weighted by atomic mass is 32.2. The van der Waals surface area contributed by atoms with Crippen LogP contribution in [0.25, 0.3) is 0 Å². The molecular weight excluding hydrogens is 478 g/mol. The van der Waals surface area contributed by atoms with Gasteiger partial charge in [-0.05, 0) is 36.8 Å². The summed E-state index contributed by atoms with van der Waals surface area (Å²) in [6.07, 6.45) is 0.167. The van der Waals surface area contributed by atoms with Crippen molar-refractivity contribution in [2.24, 2.45) is 0 Å². The molecule has 34 heavy (non-hydrogen) atoms. The molecule has 11 heteroatoms. The number of hydrogen-bond donors (Lipinski definition) is 2. The van der Waals surface area contributed by atoms with Crippen LogP contribution < -0.4 is 24.4 Å². The number of benzene rings is 2. The number of rotatable bonds is 7. The van der Waals surface area contributed by atoms with Crippen molar-refractivity contribution < 1.29 is 27.5 Å². The second-order valence-electron chi connectivity index (χ2n) is 7.62. The van der Waals surface area contributed by atoms with Crippen molar-refractivity contribution in [1.82, 2.24) is 10.0 Å². The second-order valence-corrected chi connectivity index (χ2v) is 10.8. The number of ether oxygens (including phenoxy) is 2. The number of sulfonamides is 1. The summed E-state index contributed by atoms with van der Waals surface area (Å²) in [7, 11) is -2.49. The fraction of sp³-hybridized carbons (Fsp3) is 0.217. The van der Waals surface area contributed by atoms with E-state index in [1.54, 1.807) is 38.2 Å². The Kier molecular flexibility index (Phi) is 6.75. The first-order chi connectivity index (χ1) is 16.2. The molecule has 0 saturated carbocycles. The zero-order valence-electron chi connectivity index (χ0n) is 18.5. The average Bonchev–Trinajstić information content (AvgIpc) is 3.46. The van der Waals surface area contributed by atoms with Crippen LogP contribution in [0.1, 0.15) is 10.4 Å². The van der Waals surface area contributed by atoms with Gasteiger partial charge in [0.15, 0.2) is 11.5 Å². The van der Waals surface area contributed by atoms with E-state index in [0.717, 1.165) is 21.8 Å². The normalized spacial score (nSPS) is 13.2. The highest BCUT2D eigenvalue weighted by molar-refractivity contribution is 7.92. The molecule has 0 saturated heterocycles. The summed E-state index contributed by atoms with van der Waals surface area (Å²) in [5.41, 5.74) is 1.34. The fourth-order valence-electron chi connectivity index (χ4n) is 3.42. The number of nitrogens with zero attached hydrogens (tertiary/aromatic N) is 1. The molecule has 1 aromatic heterocycles. The number of amides is 3. The van der Waals surface area contributed by atoms with E-state index in [1.807, 2.05) is 35.1 Å². The Balaban J connectivity index is 1.53. The number of fused-ring (bicyclic) bond motifs is 1. The van der Waals surface area contributed by atoms with Gasteiger partial charge in [0, 0.05) is 30.1 Å². The van der Waals surface area contributed by atoms with Gasteiger partial charge in [-0.1, -0.05) is 30.3 Å². The number of thiophene rings is 1. The van der Waals surface area contributed by atoms with Crippen molar-refractivity contribution >= 4 is 39.0 Å². The number of likely N-dealkylation sites (N-methyl/N-ethyl adjacent to an activating group) is 1. The van der Waals surface area contributed by atoms with E-state index >= 15 is 0 Å². The van der Waals surface area contributed by atoms with E-state index in [-0.39, 0.29) is 17.4 Å². The van der Waals surface area contributed by atoms with Gasteiger partial charge in [-0.3, -0.25) is 4.79 Å². The predicted molar refractivity (Wildman–Crippen MR) is 128 cm³/mol. The van der Waals surface area contributed by atoms with Crippen molar-refractivity contribution in [3.63, 3.8) is 0 Å². The van der Waals surface area contributed by atoms with E-state index in [2.05, 4.69) is 5.32 Å². The van der Waals surface area contributed by atoms with Crippen molar-refractivity contribution in [3.8, 4) is 11.5 Å². The van der Waals surface area contributed by atoms with Crippen LogP contribution in [0.5, 0.6) is 11.5 Å². The second kappa shape index (κ2) is 9.74.